The Balaban J connectivity index is 0.000000810. The third kappa shape index (κ3) is 3.09. The normalized spacial score (nSPS) is 28.8. The molecule has 1 rings (SSSR count). The van der Waals surface area contributed by atoms with E-state index < -0.39 is 0 Å². The van der Waals surface area contributed by atoms with Crippen LogP contribution >= 0.6 is 24.0 Å². The Hall–Kier alpha value is 0.540. The Bertz CT molecular complexity index is 79.7. The van der Waals surface area contributed by atoms with Crippen molar-refractivity contribution in [3.05, 3.63) is 0 Å². The van der Waals surface area contributed by atoms with Crippen molar-refractivity contribution in [3.63, 3.8) is 0 Å². The molecule has 1 fully saturated rings. The number of halogens is 2. The van der Waals surface area contributed by atoms with Gasteiger partial charge >= 0.3 is 0 Å². The van der Waals surface area contributed by atoms with E-state index in [1.165, 1.54) is 19.3 Å². The number of hydrogen-bond acceptors (Lipinski definition) is 1. The molecule has 1 unspecified atom stereocenters. The van der Waals surface area contributed by atoms with E-state index in [1.807, 2.05) is 0 Å². The van der Waals surface area contributed by atoms with Crippen LogP contribution in [0.15, 0.2) is 0 Å². The van der Waals surface area contributed by atoms with Crippen molar-refractivity contribution in [1.29, 1.82) is 0 Å². The van der Waals surface area contributed by atoms with E-state index in [1.54, 1.807) is 0 Å². The Labute approximate surface area is 73.9 Å². The van der Waals surface area contributed by atoms with Crippen molar-refractivity contribution < 1.29 is 0 Å². The maximum atomic E-state index is 5.89. The molecule has 2 atom stereocenters. The number of piperidine rings is 1. The van der Waals surface area contributed by atoms with Gasteiger partial charge in [-0.3, -0.25) is 0 Å². The van der Waals surface area contributed by atoms with E-state index in [0.717, 1.165) is 6.54 Å². The number of hydrogen-bond donors (Lipinski definition) is 1. The molecular weight excluding hydrogens is 169 g/mol. The van der Waals surface area contributed by atoms with E-state index in [9.17, 15) is 0 Å². The standard InChI is InChI=1S/C7H14ClN.ClH/c1-6(8)7-4-2-3-5-9-7;/h6-7,9H,2-5H2,1H3;1H/t6?,7-;/m1./s1. The molecule has 3 heteroatoms. The van der Waals surface area contributed by atoms with Gasteiger partial charge in [0.05, 0.1) is 0 Å². The van der Waals surface area contributed by atoms with Crippen molar-refractivity contribution in [2.75, 3.05) is 6.54 Å². The van der Waals surface area contributed by atoms with Gasteiger partial charge in [0.15, 0.2) is 0 Å². The largest absolute Gasteiger partial charge is 0.313 e. The molecule has 1 saturated heterocycles. The molecule has 1 aliphatic rings. The smallest absolute Gasteiger partial charge is 0.0461 e. The van der Waals surface area contributed by atoms with Gasteiger partial charge in [0, 0.05) is 11.4 Å². The average Bonchev–Trinajstić information content (AvgIpc) is 1.90. The lowest BCUT2D eigenvalue weighted by molar-refractivity contribution is 0.396. The Kier molecular flexibility index (Phi) is 5.51. The first-order valence-electron chi connectivity index (χ1n) is 3.68. The SMILES string of the molecule is CC(Cl)[C@H]1CCCCN1.Cl. The molecule has 1 heterocycles. The van der Waals surface area contributed by atoms with Crippen LogP contribution in [0.1, 0.15) is 26.2 Å². The summed E-state index contributed by atoms with van der Waals surface area (Å²) in [5.41, 5.74) is 0. The van der Waals surface area contributed by atoms with Crippen molar-refractivity contribution in [1.82, 2.24) is 5.32 Å². The van der Waals surface area contributed by atoms with Crippen molar-refractivity contribution >= 4 is 24.0 Å². The molecule has 0 aromatic heterocycles. The second-order valence-electron chi connectivity index (χ2n) is 2.73. The maximum Gasteiger partial charge on any atom is 0.0461 e. The summed E-state index contributed by atoms with van der Waals surface area (Å²) >= 11 is 5.89. The lowest BCUT2D eigenvalue weighted by atomic mass is 10.0. The average molecular weight is 184 g/mol. The first kappa shape index (κ1) is 10.5. The molecule has 0 amide bonds. The lowest BCUT2D eigenvalue weighted by Crippen LogP contribution is -2.39. The lowest BCUT2D eigenvalue weighted by Gasteiger charge is -2.25. The van der Waals surface area contributed by atoms with Crippen LogP contribution in [0.25, 0.3) is 0 Å². The maximum absolute atomic E-state index is 5.89. The molecule has 1 nitrogen and oxygen atoms in total. The summed E-state index contributed by atoms with van der Waals surface area (Å²) in [5.74, 6) is 0. The summed E-state index contributed by atoms with van der Waals surface area (Å²) in [6.07, 6.45) is 3.92. The fourth-order valence-electron chi connectivity index (χ4n) is 1.27. The monoisotopic (exact) mass is 183 g/mol. The number of nitrogens with one attached hydrogen (secondary N) is 1. The molecule has 0 saturated carbocycles. The highest BCUT2D eigenvalue weighted by atomic mass is 35.5. The Morgan fingerprint density at radius 1 is 1.50 bits per heavy atom. The fourth-order valence-corrected chi connectivity index (χ4v) is 1.49. The van der Waals surface area contributed by atoms with Gasteiger partial charge in [0.2, 0.25) is 0 Å². The molecule has 1 N–H and O–H groups in total. The van der Waals surface area contributed by atoms with Crippen LogP contribution in [0.5, 0.6) is 0 Å². The molecule has 10 heavy (non-hydrogen) atoms. The minimum Gasteiger partial charge on any atom is -0.313 e. The van der Waals surface area contributed by atoms with Crippen molar-refractivity contribution in [3.8, 4) is 0 Å². The zero-order chi connectivity index (χ0) is 6.69. The van der Waals surface area contributed by atoms with E-state index in [0.29, 0.717) is 11.4 Å². The second kappa shape index (κ2) is 5.22. The van der Waals surface area contributed by atoms with E-state index in [-0.39, 0.29) is 12.4 Å². The van der Waals surface area contributed by atoms with Gasteiger partial charge in [0.25, 0.3) is 0 Å². The predicted molar refractivity (Wildman–Crippen MR) is 48.2 cm³/mol. The van der Waals surface area contributed by atoms with Crippen LogP contribution in [-0.4, -0.2) is 18.0 Å². The number of alkyl halides is 1. The summed E-state index contributed by atoms with van der Waals surface area (Å²) < 4.78 is 0. The molecule has 1 aliphatic heterocycles. The Morgan fingerprint density at radius 2 is 2.20 bits per heavy atom. The molecule has 0 aliphatic carbocycles. The molecule has 0 spiro atoms. The minimum atomic E-state index is 0. The summed E-state index contributed by atoms with van der Waals surface area (Å²) in [6, 6.07) is 0.570. The third-order valence-corrected chi connectivity index (χ3v) is 2.21. The fraction of sp³-hybridized carbons (Fsp3) is 1.00. The predicted octanol–water partition coefficient (Wildman–Crippen LogP) is 2.18. The summed E-state index contributed by atoms with van der Waals surface area (Å²) in [6.45, 7) is 3.21. The van der Waals surface area contributed by atoms with Gasteiger partial charge in [-0.15, -0.1) is 24.0 Å². The van der Waals surface area contributed by atoms with E-state index >= 15 is 0 Å². The highest BCUT2D eigenvalue weighted by molar-refractivity contribution is 6.20. The van der Waals surface area contributed by atoms with Crippen LogP contribution in [0.3, 0.4) is 0 Å². The zero-order valence-corrected chi connectivity index (χ0v) is 7.84. The van der Waals surface area contributed by atoms with E-state index in [2.05, 4.69) is 12.2 Å². The van der Waals surface area contributed by atoms with Crippen LogP contribution in [0.2, 0.25) is 0 Å². The van der Waals surface area contributed by atoms with Crippen LogP contribution in [0.4, 0.5) is 0 Å². The van der Waals surface area contributed by atoms with Gasteiger partial charge in [-0.2, -0.15) is 0 Å². The van der Waals surface area contributed by atoms with Crippen LogP contribution in [-0.2, 0) is 0 Å². The first-order chi connectivity index (χ1) is 4.30. The van der Waals surface area contributed by atoms with Gasteiger partial charge in [-0.1, -0.05) is 6.42 Å². The van der Waals surface area contributed by atoms with Gasteiger partial charge < -0.3 is 5.32 Å². The third-order valence-electron chi connectivity index (χ3n) is 1.90. The molecule has 0 aromatic rings. The molecule has 62 valence electrons. The second-order valence-corrected chi connectivity index (χ2v) is 3.42. The molecular formula is C7H15Cl2N. The minimum absolute atomic E-state index is 0. The topological polar surface area (TPSA) is 12.0 Å². The summed E-state index contributed by atoms with van der Waals surface area (Å²) in [4.78, 5) is 0. The molecule has 0 radical (unpaired) electrons. The molecule has 0 bridgehead atoms. The highest BCUT2D eigenvalue weighted by Crippen LogP contribution is 2.13. The van der Waals surface area contributed by atoms with Crippen molar-refractivity contribution in [2.24, 2.45) is 0 Å². The summed E-state index contributed by atoms with van der Waals surface area (Å²) in [7, 11) is 0. The highest BCUT2D eigenvalue weighted by Gasteiger charge is 2.16. The summed E-state index contributed by atoms with van der Waals surface area (Å²) in [5, 5.41) is 3.68. The van der Waals surface area contributed by atoms with Crippen LogP contribution in [0, 0.1) is 0 Å². The van der Waals surface area contributed by atoms with E-state index in [4.69, 9.17) is 11.6 Å². The van der Waals surface area contributed by atoms with Gasteiger partial charge in [-0.25, -0.2) is 0 Å². The van der Waals surface area contributed by atoms with Gasteiger partial charge in [-0.05, 0) is 26.3 Å². The quantitative estimate of drug-likeness (QED) is 0.616. The molecule has 0 aromatic carbocycles. The van der Waals surface area contributed by atoms with Crippen LogP contribution < -0.4 is 5.32 Å². The Morgan fingerprint density at radius 3 is 2.50 bits per heavy atom. The zero-order valence-electron chi connectivity index (χ0n) is 6.27. The number of rotatable bonds is 1. The van der Waals surface area contributed by atoms with Crippen molar-refractivity contribution in [2.45, 2.75) is 37.6 Å². The van der Waals surface area contributed by atoms with Gasteiger partial charge in [0.1, 0.15) is 0 Å². The first-order valence-corrected chi connectivity index (χ1v) is 4.12.